The molecule has 0 spiro atoms. The van der Waals surface area contributed by atoms with E-state index in [1.165, 1.54) is 0 Å². The maximum atomic E-state index is 11.6. The number of nitrogens with one attached hydrogen (secondary N) is 1. The van der Waals surface area contributed by atoms with Crippen molar-refractivity contribution in [2.24, 2.45) is 5.84 Å². The summed E-state index contributed by atoms with van der Waals surface area (Å²) in [6, 6.07) is 0. The Hall–Kier alpha value is -1.82. The monoisotopic (exact) mass is 195 g/mol. The fraction of sp³-hybridized carbons (Fsp3) is 0.250. The summed E-state index contributed by atoms with van der Waals surface area (Å²) in [5.41, 5.74) is 3.06. The zero-order valence-corrected chi connectivity index (χ0v) is 7.95. The average Bonchev–Trinajstić information content (AvgIpc) is 2.18. The molecule has 14 heavy (non-hydrogen) atoms. The quantitative estimate of drug-likeness (QED) is 0.336. The minimum atomic E-state index is -0.314. The number of hydrogen-bond acceptors (Lipinski definition) is 5. The van der Waals surface area contributed by atoms with E-state index in [0.29, 0.717) is 17.7 Å². The molecule has 76 valence electrons. The van der Waals surface area contributed by atoms with Crippen LogP contribution in [-0.2, 0) is 6.42 Å². The second kappa shape index (κ2) is 3.93. The molecule has 6 nitrogen and oxygen atoms in total. The predicted octanol–water partition coefficient (Wildman–Crippen LogP) is -0.720. The van der Waals surface area contributed by atoms with Gasteiger partial charge in [-0.15, -0.1) is 6.58 Å². The van der Waals surface area contributed by atoms with Crippen molar-refractivity contribution < 1.29 is 0 Å². The van der Waals surface area contributed by atoms with E-state index in [1.807, 2.05) is 0 Å². The van der Waals surface area contributed by atoms with Crippen LogP contribution in [-0.4, -0.2) is 9.66 Å². The normalized spacial score (nSPS) is 9.86. The van der Waals surface area contributed by atoms with Gasteiger partial charge in [-0.25, -0.2) is 10.8 Å². The summed E-state index contributed by atoms with van der Waals surface area (Å²) in [4.78, 5) is 15.6. The Kier molecular flexibility index (Phi) is 2.88. The molecule has 1 heterocycles. The van der Waals surface area contributed by atoms with Crippen molar-refractivity contribution in [3.8, 4) is 0 Å². The summed E-state index contributed by atoms with van der Waals surface area (Å²) in [5.74, 6) is 10.7. The molecular formula is C8H13N5O. The Balaban J connectivity index is 3.41. The van der Waals surface area contributed by atoms with E-state index in [9.17, 15) is 4.79 Å². The molecule has 0 aliphatic carbocycles. The molecule has 0 amide bonds. The van der Waals surface area contributed by atoms with Gasteiger partial charge in [-0.05, 0) is 13.3 Å². The molecule has 0 fully saturated rings. The van der Waals surface area contributed by atoms with Gasteiger partial charge in [-0.3, -0.25) is 10.2 Å². The van der Waals surface area contributed by atoms with Crippen LogP contribution >= 0.6 is 0 Å². The number of aromatic nitrogens is 2. The van der Waals surface area contributed by atoms with Crippen LogP contribution in [0, 0.1) is 6.92 Å². The van der Waals surface area contributed by atoms with Crippen LogP contribution in [0.4, 0.5) is 5.95 Å². The Labute approximate surface area is 81.2 Å². The van der Waals surface area contributed by atoms with Crippen LogP contribution in [0.25, 0.3) is 0 Å². The molecule has 0 radical (unpaired) electrons. The van der Waals surface area contributed by atoms with Gasteiger partial charge in [0.25, 0.3) is 5.56 Å². The predicted molar refractivity (Wildman–Crippen MR) is 55.1 cm³/mol. The van der Waals surface area contributed by atoms with Crippen molar-refractivity contribution in [2.75, 3.05) is 11.3 Å². The smallest absolute Gasteiger partial charge is 0.277 e. The Morgan fingerprint density at radius 1 is 1.71 bits per heavy atom. The summed E-state index contributed by atoms with van der Waals surface area (Å²) in [5, 5.41) is 0. The SMILES string of the molecule is C=CCc1c(C)nc(NN)n(N)c1=O. The molecule has 1 rings (SSSR count). The molecule has 6 heteroatoms. The molecular weight excluding hydrogens is 182 g/mol. The maximum absolute atomic E-state index is 11.6. The molecule has 0 saturated carbocycles. The van der Waals surface area contributed by atoms with Gasteiger partial charge in [0.2, 0.25) is 5.95 Å². The second-order valence-electron chi connectivity index (χ2n) is 2.81. The molecule has 0 unspecified atom stereocenters. The van der Waals surface area contributed by atoms with Crippen LogP contribution in [0.2, 0.25) is 0 Å². The van der Waals surface area contributed by atoms with E-state index >= 15 is 0 Å². The number of nitrogens with zero attached hydrogens (tertiary/aromatic N) is 2. The van der Waals surface area contributed by atoms with E-state index in [2.05, 4.69) is 17.0 Å². The highest BCUT2D eigenvalue weighted by Crippen LogP contribution is 2.03. The molecule has 0 atom stereocenters. The highest BCUT2D eigenvalue weighted by molar-refractivity contribution is 5.30. The Morgan fingerprint density at radius 3 is 2.86 bits per heavy atom. The minimum absolute atomic E-state index is 0.139. The fourth-order valence-electron chi connectivity index (χ4n) is 1.16. The first-order valence-electron chi connectivity index (χ1n) is 4.07. The number of allylic oxidation sites excluding steroid dienone is 1. The summed E-state index contributed by atoms with van der Waals surface area (Å²) in [6.45, 7) is 5.28. The molecule has 0 aliphatic heterocycles. The number of nitrogen functional groups attached to an aromatic ring is 2. The summed E-state index contributed by atoms with van der Waals surface area (Å²) >= 11 is 0. The molecule has 0 bridgehead atoms. The molecule has 1 aromatic rings. The van der Waals surface area contributed by atoms with Crippen molar-refractivity contribution in [1.82, 2.24) is 9.66 Å². The molecule has 0 saturated heterocycles. The van der Waals surface area contributed by atoms with Gasteiger partial charge in [0.05, 0.1) is 5.69 Å². The summed E-state index contributed by atoms with van der Waals surface area (Å²) < 4.78 is 0.881. The van der Waals surface area contributed by atoms with Crippen molar-refractivity contribution in [2.45, 2.75) is 13.3 Å². The van der Waals surface area contributed by atoms with E-state index in [0.717, 1.165) is 4.68 Å². The lowest BCUT2D eigenvalue weighted by Crippen LogP contribution is -2.35. The fourth-order valence-corrected chi connectivity index (χ4v) is 1.16. The molecule has 0 aromatic carbocycles. The first-order valence-corrected chi connectivity index (χ1v) is 4.07. The zero-order valence-electron chi connectivity index (χ0n) is 7.95. The number of hydrogen-bond donors (Lipinski definition) is 3. The first-order chi connectivity index (χ1) is 6.61. The van der Waals surface area contributed by atoms with Gasteiger partial charge in [0, 0.05) is 5.56 Å². The van der Waals surface area contributed by atoms with Gasteiger partial charge in [0.15, 0.2) is 0 Å². The van der Waals surface area contributed by atoms with E-state index in [1.54, 1.807) is 13.0 Å². The molecule has 0 aliphatic rings. The van der Waals surface area contributed by atoms with Crippen molar-refractivity contribution in [3.05, 3.63) is 34.3 Å². The minimum Gasteiger partial charge on any atom is -0.333 e. The number of anilines is 1. The first kappa shape index (κ1) is 10.3. The van der Waals surface area contributed by atoms with E-state index in [-0.39, 0.29) is 11.5 Å². The standard InChI is InChI=1S/C8H13N5O/c1-3-4-6-5(2)11-8(12-9)13(10)7(6)14/h3H,1,4,9-10H2,2H3,(H,11,12). The van der Waals surface area contributed by atoms with Crippen molar-refractivity contribution >= 4 is 5.95 Å². The summed E-state index contributed by atoms with van der Waals surface area (Å²) in [6.07, 6.45) is 2.07. The largest absolute Gasteiger partial charge is 0.333 e. The highest BCUT2D eigenvalue weighted by Gasteiger charge is 2.09. The third-order valence-corrected chi connectivity index (χ3v) is 1.89. The number of aryl methyl sites for hydroxylation is 1. The van der Waals surface area contributed by atoms with Crippen molar-refractivity contribution in [1.29, 1.82) is 0 Å². The number of rotatable bonds is 3. The highest BCUT2D eigenvalue weighted by atomic mass is 16.1. The zero-order chi connectivity index (χ0) is 10.7. The third kappa shape index (κ3) is 1.60. The van der Waals surface area contributed by atoms with Crippen LogP contribution in [0.1, 0.15) is 11.3 Å². The second-order valence-corrected chi connectivity index (χ2v) is 2.81. The van der Waals surface area contributed by atoms with Crippen LogP contribution in [0.5, 0.6) is 0 Å². The van der Waals surface area contributed by atoms with Gasteiger partial charge in [-0.2, -0.15) is 4.68 Å². The van der Waals surface area contributed by atoms with Gasteiger partial charge in [0.1, 0.15) is 0 Å². The maximum Gasteiger partial charge on any atom is 0.277 e. The third-order valence-electron chi connectivity index (χ3n) is 1.89. The molecule has 1 aromatic heterocycles. The topological polar surface area (TPSA) is 99.0 Å². The van der Waals surface area contributed by atoms with Gasteiger partial charge < -0.3 is 5.84 Å². The average molecular weight is 195 g/mol. The molecule has 5 N–H and O–H groups in total. The van der Waals surface area contributed by atoms with E-state index in [4.69, 9.17) is 11.7 Å². The van der Waals surface area contributed by atoms with Crippen LogP contribution < -0.4 is 22.7 Å². The van der Waals surface area contributed by atoms with Gasteiger partial charge >= 0.3 is 0 Å². The Morgan fingerprint density at radius 2 is 2.36 bits per heavy atom. The van der Waals surface area contributed by atoms with E-state index < -0.39 is 0 Å². The van der Waals surface area contributed by atoms with Crippen LogP contribution in [0.3, 0.4) is 0 Å². The number of nitrogens with two attached hydrogens (primary N) is 2. The lowest BCUT2D eigenvalue weighted by Gasteiger charge is -2.09. The van der Waals surface area contributed by atoms with Gasteiger partial charge in [-0.1, -0.05) is 6.08 Å². The van der Waals surface area contributed by atoms with Crippen LogP contribution in [0.15, 0.2) is 17.4 Å². The number of hydrazine groups is 1. The lowest BCUT2D eigenvalue weighted by molar-refractivity contribution is 0.847. The Bertz CT molecular complexity index is 409. The summed E-state index contributed by atoms with van der Waals surface area (Å²) in [7, 11) is 0. The van der Waals surface area contributed by atoms with Crippen molar-refractivity contribution in [3.63, 3.8) is 0 Å². The lowest BCUT2D eigenvalue weighted by atomic mass is 10.2.